The molecule has 0 aliphatic heterocycles. The number of hydrogen-bond acceptors (Lipinski definition) is 5. The van der Waals surface area contributed by atoms with Crippen LogP contribution < -0.4 is 10.5 Å². The van der Waals surface area contributed by atoms with Crippen molar-refractivity contribution < 1.29 is 13.2 Å². The highest BCUT2D eigenvalue weighted by atomic mass is 32.2. The fourth-order valence-corrected chi connectivity index (χ4v) is 3.32. The molecule has 0 fully saturated rings. The Morgan fingerprint density at radius 2 is 2.00 bits per heavy atom. The molecule has 2 rings (SSSR count). The van der Waals surface area contributed by atoms with Crippen molar-refractivity contribution in [3.05, 3.63) is 53.6 Å². The van der Waals surface area contributed by atoms with Crippen LogP contribution in [0.5, 0.6) is 5.75 Å². The van der Waals surface area contributed by atoms with Gasteiger partial charge in [-0.25, -0.2) is 8.42 Å². The van der Waals surface area contributed by atoms with E-state index < -0.39 is 9.84 Å². The molecule has 0 unspecified atom stereocenters. The minimum absolute atomic E-state index is 0.172. The molecule has 0 heterocycles. The number of nitrogen functional groups attached to an aromatic ring is 1. The molecule has 0 aromatic heterocycles. The Morgan fingerprint density at radius 3 is 2.62 bits per heavy atom. The van der Waals surface area contributed by atoms with Crippen molar-refractivity contribution in [3.8, 4) is 11.8 Å². The van der Waals surface area contributed by atoms with Gasteiger partial charge in [-0.05, 0) is 35.9 Å². The molecule has 5 nitrogen and oxygen atoms in total. The van der Waals surface area contributed by atoms with E-state index >= 15 is 0 Å². The van der Waals surface area contributed by atoms with Gasteiger partial charge >= 0.3 is 0 Å². The van der Waals surface area contributed by atoms with Gasteiger partial charge in [-0.15, -0.1) is 0 Å². The van der Waals surface area contributed by atoms with Gasteiger partial charge in [-0.3, -0.25) is 0 Å². The van der Waals surface area contributed by atoms with E-state index in [1.165, 1.54) is 19.2 Å². The first kappa shape index (κ1) is 14.9. The largest absolute Gasteiger partial charge is 0.495 e. The minimum Gasteiger partial charge on any atom is -0.495 e. The Kier molecular flexibility index (Phi) is 4.15. The van der Waals surface area contributed by atoms with E-state index in [1.54, 1.807) is 30.3 Å². The van der Waals surface area contributed by atoms with Gasteiger partial charge in [0.05, 0.1) is 23.3 Å². The van der Waals surface area contributed by atoms with Gasteiger partial charge in [0, 0.05) is 5.69 Å². The van der Waals surface area contributed by atoms with Crippen LogP contribution in [0.15, 0.2) is 47.4 Å². The maximum absolute atomic E-state index is 12.3. The highest BCUT2D eigenvalue weighted by Crippen LogP contribution is 2.23. The van der Waals surface area contributed by atoms with Crippen molar-refractivity contribution in [2.45, 2.75) is 10.6 Å². The number of nitriles is 1. The molecule has 6 heteroatoms. The van der Waals surface area contributed by atoms with Crippen LogP contribution in [-0.4, -0.2) is 15.5 Å². The lowest BCUT2D eigenvalue weighted by molar-refractivity contribution is 0.413. The monoisotopic (exact) mass is 302 g/mol. The van der Waals surface area contributed by atoms with Crippen LogP contribution in [0.2, 0.25) is 0 Å². The minimum atomic E-state index is -3.50. The lowest BCUT2D eigenvalue weighted by Crippen LogP contribution is -2.06. The number of ether oxygens (including phenoxy) is 1. The second-order valence-corrected chi connectivity index (χ2v) is 6.47. The summed E-state index contributed by atoms with van der Waals surface area (Å²) < 4.78 is 29.8. The predicted octanol–water partition coefficient (Wildman–Crippen LogP) is 2.12. The summed E-state index contributed by atoms with van der Waals surface area (Å²) >= 11 is 0. The van der Waals surface area contributed by atoms with Crippen LogP contribution in [0.25, 0.3) is 0 Å². The first-order valence-electron chi connectivity index (χ1n) is 6.11. The normalized spacial score (nSPS) is 10.9. The summed E-state index contributed by atoms with van der Waals surface area (Å²) in [6, 6.07) is 12.9. The summed E-state index contributed by atoms with van der Waals surface area (Å²) in [6.07, 6.45) is 0. The summed E-state index contributed by atoms with van der Waals surface area (Å²) in [5.74, 6) is 0.177. The molecule has 0 atom stereocenters. The fourth-order valence-electron chi connectivity index (χ4n) is 1.93. The van der Waals surface area contributed by atoms with Crippen molar-refractivity contribution in [2.75, 3.05) is 12.8 Å². The number of hydrogen-bond donors (Lipinski definition) is 1. The smallest absolute Gasteiger partial charge is 0.182 e. The van der Waals surface area contributed by atoms with Crippen LogP contribution in [0.1, 0.15) is 11.1 Å². The second kappa shape index (κ2) is 5.85. The van der Waals surface area contributed by atoms with Crippen LogP contribution in [0, 0.1) is 11.3 Å². The lowest BCUT2D eigenvalue weighted by atomic mass is 10.1. The molecule has 21 heavy (non-hydrogen) atoms. The van der Waals surface area contributed by atoms with Gasteiger partial charge < -0.3 is 10.5 Å². The Hall–Kier alpha value is -2.52. The molecule has 0 aliphatic carbocycles. The van der Waals surface area contributed by atoms with Gasteiger partial charge in [0.1, 0.15) is 11.8 Å². The van der Waals surface area contributed by atoms with Crippen molar-refractivity contribution in [2.24, 2.45) is 0 Å². The third-order valence-electron chi connectivity index (χ3n) is 2.96. The van der Waals surface area contributed by atoms with Crippen LogP contribution >= 0.6 is 0 Å². The van der Waals surface area contributed by atoms with E-state index in [2.05, 4.69) is 0 Å². The van der Waals surface area contributed by atoms with Gasteiger partial charge in [-0.2, -0.15) is 5.26 Å². The van der Waals surface area contributed by atoms with E-state index in [4.69, 9.17) is 15.7 Å². The molecule has 2 N–H and O–H groups in total. The van der Waals surface area contributed by atoms with Gasteiger partial charge in [-0.1, -0.05) is 12.1 Å². The standard InChI is InChI=1S/C15H14N2O3S/c1-20-15-7-11(5-6-12(15)9-16)10-21(18,19)14-4-2-3-13(17)8-14/h2-8H,10,17H2,1H3. The van der Waals surface area contributed by atoms with Crippen molar-refractivity contribution in [1.29, 1.82) is 5.26 Å². The first-order valence-corrected chi connectivity index (χ1v) is 7.77. The zero-order valence-corrected chi connectivity index (χ0v) is 12.2. The van der Waals surface area contributed by atoms with Crippen molar-refractivity contribution in [1.82, 2.24) is 0 Å². The summed E-state index contributed by atoms with van der Waals surface area (Å²) in [7, 11) is -2.06. The highest BCUT2D eigenvalue weighted by molar-refractivity contribution is 7.90. The Bertz CT molecular complexity index is 808. The zero-order chi connectivity index (χ0) is 15.5. The number of methoxy groups -OCH3 is 1. The van der Waals surface area contributed by atoms with Crippen LogP contribution in [-0.2, 0) is 15.6 Å². The Labute approximate surface area is 123 Å². The maximum atomic E-state index is 12.3. The highest BCUT2D eigenvalue weighted by Gasteiger charge is 2.16. The number of sulfone groups is 1. The lowest BCUT2D eigenvalue weighted by Gasteiger charge is -2.08. The predicted molar refractivity (Wildman–Crippen MR) is 79.5 cm³/mol. The quantitative estimate of drug-likeness (QED) is 0.873. The van der Waals surface area contributed by atoms with E-state index in [0.717, 1.165) is 0 Å². The van der Waals surface area contributed by atoms with Gasteiger partial charge in [0.25, 0.3) is 0 Å². The molecular weight excluding hydrogens is 288 g/mol. The molecule has 0 amide bonds. The Morgan fingerprint density at radius 1 is 1.24 bits per heavy atom. The van der Waals surface area contributed by atoms with E-state index in [1.807, 2.05) is 6.07 Å². The summed E-state index contributed by atoms with van der Waals surface area (Å²) in [5.41, 5.74) is 6.92. The van der Waals surface area contributed by atoms with E-state index in [9.17, 15) is 8.42 Å². The van der Waals surface area contributed by atoms with E-state index in [0.29, 0.717) is 22.6 Å². The number of nitrogens with two attached hydrogens (primary N) is 1. The molecule has 0 aliphatic rings. The number of anilines is 1. The van der Waals surface area contributed by atoms with E-state index in [-0.39, 0.29) is 10.6 Å². The molecular formula is C15H14N2O3S. The molecule has 0 bridgehead atoms. The van der Waals surface area contributed by atoms with Gasteiger partial charge in [0.2, 0.25) is 0 Å². The molecule has 0 saturated heterocycles. The average molecular weight is 302 g/mol. The number of benzene rings is 2. The summed E-state index contributed by atoms with van der Waals surface area (Å²) in [5, 5.41) is 8.92. The first-order chi connectivity index (χ1) is 9.96. The third kappa shape index (κ3) is 3.33. The topological polar surface area (TPSA) is 93.2 Å². The van der Waals surface area contributed by atoms with Crippen molar-refractivity contribution >= 4 is 15.5 Å². The second-order valence-electron chi connectivity index (χ2n) is 4.48. The molecule has 0 spiro atoms. The molecule has 0 radical (unpaired) electrons. The number of nitrogens with zero attached hydrogens (tertiary/aromatic N) is 1. The fraction of sp³-hybridized carbons (Fsp3) is 0.133. The number of rotatable bonds is 4. The SMILES string of the molecule is COc1cc(CS(=O)(=O)c2cccc(N)c2)ccc1C#N. The van der Waals surface area contributed by atoms with Crippen LogP contribution in [0.3, 0.4) is 0 Å². The molecule has 0 saturated carbocycles. The summed E-state index contributed by atoms with van der Waals surface area (Å²) in [4.78, 5) is 0.172. The van der Waals surface area contributed by atoms with Crippen LogP contribution in [0.4, 0.5) is 5.69 Å². The van der Waals surface area contributed by atoms with Crippen molar-refractivity contribution in [3.63, 3.8) is 0 Å². The molecule has 2 aromatic carbocycles. The molecule has 2 aromatic rings. The van der Waals surface area contributed by atoms with Gasteiger partial charge in [0.15, 0.2) is 9.84 Å². The molecule has 108 valence electrons. The zero-order valence-electron chi connectivity index (χ0n) is 11.4. The Balaban J connectivity index is 2.35. The third-order valence-corrected chi connectivity index (χ3v) is 4.65. The average Bonchev–Trinajstić information content (AvgIpc) is 2.46. The maximum Gasteiger partial charge on any atom is 0.182 e. The summed E-state index contributed by atoms with van der Waals surface area (Å²) in [6.45, 7) is 0.